The molecule has 4 fully saturated rings. The lowest BCUT2D eigenvalue weighted by Crippen LogP contribution is -2.49. The van der Waals surface area contributed by atoms with E-state index in [4.69, 9.17) is 9.72 Å². The van der Waals surface area contributed by atoms with Crippen LogP contribution in [-0.2, 0) is 4.74 Å². The van der Waals surface area contributed by atoms with Crippen molar-refractivity contribution >= 4 is 11.7 Å². The summed E-state index contributed by atoms with van der Waals surface area (Å²) in [5.41, 5.74) is 0.544. The van der Waals surface area contributed by atoms with Gasteiger partial charge in [0, 0.05) is 64.5 Å². The first-order valence-electron chi connectivity index (χ1n) is 12.3. The number of ether oxygens (including phenoxy) is 1. The van der Waals surface area contributed by atoms with E-state index in [2.05, 4.69) is 26.1 Å². The number of piperidine rings is 1. The van der Waals surface area contributed by atoms with Gasteiger partial charge in [-0.15, -0.1) is 0 Å². The topological polar surface area (TPSA) is 60.9 Å². The molecular weight excluding hydrogens is 390 g/mol. The number of carbonyl (C=O) groups is 1. The van der Waals surface area contributed by atoms with Crippen molar-refractivity contribution in [3.05, 3.63) is 23.9 Å². The SMILES string of the molecule is O=C(NCC1CC1)c1cccc(N2CCCN(C3CCN(C4CCOC4)CC3)CC2)n1. The highest BCUT2D eigenvalue weighted by atomic mass is 16.5. The van der Waals surface area contributed by atoms with E-state index in [9.17, 15) is 4.79 Å². The molecule has 1 amide bonds. The maximum Gasteiger partial charge on any atom is 0.269 e. The summed E-state index contributed by atoms with van der Waals surface area (Å²) < 4.78 is 5.59. The zero-order valence-corrected chi connectivity index (χ0v) is 18.7. The third-order valence-electron chi connectivity index (χ3n) is 7.51. The number of likely N-dealkylation sites (tertiary alicyclic amines) is 1. The number of nitrogens with one attached hydrogen (secondary N) is 1. The Balaban J connectivity index is 1.13. The predicted molar refractivity (Wildman–Crippen MR) is 122 cm³/mol. The Kier molecular flexibility index (Phi) is 6.72. The van der Waals surface area contributed by atoms with Gasteiger partial charge in [-0.3, -0.25) is 14.6 Å². The average molecular weight is 428 g/mol. The van der Waals surface area contributed by atoms with E-state index in [1.165, 1.54) is 45.2 Å². The quantitative estimate of drug-likeness (QED) is 0.749. The first kappa shape index (κ1) is 21.2. The smallest absolute Gasteiger partial charge is 0.269 e. The fourth-order valence-corrected chi connectivity index (χ4v) is 5.33. The second-order valence-electron chi connectivity index (χ2n) is 9.70. The molecule has 0 radical (unpaired) electrons. The lowest BCUT2D eigenvalue weighted by atomic mass is 10.0. The van der Waals surface area contributed by atoms with Crippen LogP contribution in [0.2, 0.25) is 0 Å². The normalized spacial score (nSPS) is 26.7. The van der Waals surface area contributed by atoms with Gasteiger partial charge >= 0.3 is 0 Å². The monoisotopic (exact) mass is 427 g/mol. The van der Waals surface area contributed by atoms with Gasteiger partial charge in [0.05, 0.1) is 6.61 Å². The second-order valence-corrected chi connectivity index (χ2v) is 9.70. The van der Waals surface area contributed by atoms with E-state index < -0.39 is 0 Å². The Hall–Kier alpha value is -1.70. The van der Waals surface area contributed by atoms with Crippen molar-refractivity contribution < 1.29 is 9.53 Å². The van der Waals surface area contributed by atoms with Gasteiger partial charge in [-0.1, -0.05) is 6.07 Å². The van der Waals surface area contributed by atoms with Crippen LogP contribution >= 0.6 is 0 Å². The van der Waals surface area contributed by atoms with Crippen LogP contribution in [-0.4, -0.2) is 91.8 Å². The molecule has 0 spiro atoms. The van der Waals surface area contributed by atoms with Crippen LogP contribution in [0.3, 0.4) is 0 Å². The minimum absolute atomic E-state index is 0.0374. The molecule has 3 saturated heterocycles. The number of hydrogen-bond donors (Lipinski definition) is 1. The maximum atomic E-state index is 12.4. The summed E-state index contributed by atoms with van der Waals surface area (Å²) in [6, 6.07) is 7.21. The standard InChI is InChI=1S/C24H37N5O2/c30-24(25-17-19-5-6-19)22-3-1-4-23(26-22)29-11-2-10-27(14-15-29)20-7-12-28(13-8-20)21-9-16-31-18-21/h1,3-4,19-21H,2,5-18H2,(H,25,30). The Bertz CT molecular complexity index is 741. The summed E-state index contributed by atoms with van der Waals surface area (Å²) in [5.74, 6) is 1.59. The molecule has 0 bridgehead atoms. The Morgan fingerprint density at radius 3 is 2.58 bits per heavy atom. The van der Waals surface area contributed by atoms with Gasteiger partial charge in [0.25, 0.3) is 5.91 Å². The highest BCUT2D eigenvalue weighted by molar-refractivity contribution is 5.92. The van der Waals surface area contributed by atoms with Gasteiger partial charge in [-0.2, -0.15) is 0 Å². The third kappa shape index (κ3) is 5.38. The van der Waals surface area contributed by atoms with E-state index in [1.54, 1.807) is 0 Å². The average Bonchev–Trinajstić information content (AvgIpc) is 3.55. The fraction of sp³-hybridized carbons (Fsp3) is 0.750. The zero-order valence-electron chi connectivity index (χ0n) is 18.7. The molecule has 1 atom stereocenters. The first-order valence-corrected chi connectivity index (χ1v) is 12.3. The number of anilines is 1. The zero-order chi connectivity index (χ0) is 21.0. The lowest BCUT2D eigenvalue weighted by Gasteiger charge is -2.40. The molecule has 31 heavy (non-hydrogen) atoms. The van der Waals surface area contributed by atoms with E-state index >= 15 is 0 Å². The summed E-state index contributed by atoms with van der Waals surface area (Å²) in [6.07, 6.45) is 7.37. The van der Waals surface area contributed by atoms with Crippen molar-refractivity contribution in [2.24, 2.45) is 5.92 Å². The summed E-state index contributed by atoms with van der Waals surface area (Å²) in [6.45, 7) is 9.29. The molecule has 4 heterocycles. The highest BCUT2D eigenvalue weighted by Crippen LogP contribution is 2.27. The number of aromatic nitrogens is 1. The first-order chi connectivity index (χ1) is 15.3. The van der Waals surface area contributed by atoms with Crippen molar-refractivity contribution in [3.8, 4) is 0 Å². The molecule has 1 aromatic heterocycles. The molecule has 0 aromatic carbocycles. The minimum Gasteiger partial charge on any atom is -0.380 e. The molecule has 170 valence electrons. The van der Waals surface area contributed by atoms with Crippen molar-refractivity contribution in [1.29, 1.82) is 0 Å². The van der Waals surface area contributed by atoms with E-state index in [1.807, 2.05) is 12.1 Å². The fourth-order valence-electron chi connectivity index (χ4n) is 5.33. The third-order valence-corrected chi connectivity index (χ3v) is 7.51. The number of pyridine rings is 1. The summed E-state index contributed by atoms with van der Waals surface area (Å²) in [4.78, 5) is 24.9. The van der Waals surface area contributed by atoms with Gasteiger partial charge < -0.3 is 15.0 Å². The highest BCUT2D eigenvalue weighted by Gasteiger charge is 2.31. The molecule has 1 saturated carbocycles. The van der Waals surface area contributed by atoms with Crippen LogP contribution in [0.4, 0.5) is 5.82 Å². The largest absolute Gasteiger partial charge is 0.380 e. The molecule has 4 aliphatic rings. The Morgan fingerprint density at radius 2 is 1.81 bits per heavy atom. The molecule has 3 aliphatic heterocycles. The van der Waals surface area contributed by atoms with E-state index in [0.29, 0.717) is 23.7 Å². The van der Waals surface area contributed by atoms with Gasteiger partial charge in [0.2, 0.25) is 0 Å². The molecule has 7 heteroatoms. The number of rotatable bonds is 6. The minimum atomic E-state index is -0.0374. The van der Waals surface area contributed by atoms with E-state index in [-0.39, 0.29) is 5.91 Å². The molecule has 1 aliphatic carbocycles. The molecular formula is C24H37N5O2. The number of amides is 1. The van der Waals surface area contributed by atoms with Gasteiger partial charge in [-0.05, 0) is 56.6 Å². The van der Waals surface area contributed by atoms with Crippen molar-refractivity contribution in [2.45, 2.75) is 50.6 Å². The number of carbonyl (C=O) groups excluding carboxylic acids is 1. The van der Waals surface area contributed by atoms with Gasteiger partial charge in [0.1, 0.15) is 11.5 Å². The second kappa shape index (κ2) is 9.84. The van der Waals surface area contributed by atoms with Crippen molar-refractivity contribution in [2.75, 3.05) is 63.9 Å². The van der Waals surface area contributed by atoms with Crippen LogP contribution in [0.1, 0.15) is 49.0 Å². The van der Waals surface area contributed by atoms with Crippen LogP contribution in [0, 0.1) is 5.92 Å². The summed E-state index contributed by atoms with van der Waals surface area (Å²) >= 11 is 0. The lowest BCUT2D eigenvalue weighted by molar-refractivity contribution is 0.0787. The molecule has 1 unspecified atom stereocenters. The van der Waals surface area contributed by atoms with Crippen molar-refractivity contribution in [1.82, 2.24) is 20.1 Å². The molecule has 1 aromatic rings. The van der Waals surface area contributed by atoms with Gasteiger partial charge in [0.15, 0.2) is 0 Å². The van der Waals surface area contributed by atoms with Crippen molar-refractivity contribution in [3.63, 3.8) is 0 Å². The number of nitrogens with zero attached hydrogens (tertiary/aromatic N) is 4. The van der Waals surface area contributed by atoms with Crippen LogP contribution in [0.25, 0.3) is 0 Å². The van der Waals surface area contributed by atoms with Crippen LogP contribution in [0.5, 0.6) is 0 Å². The Morgan fingerprint density at radius 1 is 0.968 bits per heavy atom. The van der Waals surface area contributed by atoms with E-state index in [0.717, 1.165) is 58.2 Å². The summed E-state index contributed by atoms with van der Waals surface area (Å²) in [5, 5.41) is 3.04. The van der Waals surface area contributed by atoms with Gasteiger partial charge in [-0.25, -0.2) is 4.98 Å². The Labute approximate surface area is 186 Å². The molecule has 5 rings (SSSR count). The maximum absolute atomic E-state index is 12.4. The molecule has 1 N–H and O–H groups in total. The predicted octanol–water partition coefficient (Wildman–Crippen LogP) is 1.99. The van der Waals surface area contributed by atoms with Crippen LogP contribution in [0.15, 0.2) is 18.2 Å². The number of hydrogen-bond acceptors (Lipinski definition) is 6. The summed E-state index contributed by atoms with van der Waals surface area (Å²) in [7, 11) is 0. The van der Waals surface area contributed by atoms with Crippen LogP contribution < -0.4 is 10.2 Å². The molecule has 7 nitrogen and oxygen atoms in total.